The van der Waals surface area contributed by atoms with Gasteiger partial charge in [-0.05, 0) is 83.9 Å². The summed E-state index contributed by atoms with van der Waals surface area (Å²) in [5.41, 5.74) is 13.1. The van der Waals surface area contributed by atoms with E-state index in [0.717, 1.165) is 121 Å². The van der Waals surface area contributed by atoms with Crippen molar-refractivity contribution < 1.29 is 13.3 Å². The predicted molar refractivity (Wildman–Crippen MR) is 215 cm³/mol. The number of pyridine rings is 2. The summed E-state index contributed by atoms with van der Waals surface area (Å²) in [6, 6.07) is 52.5. The Kier molecular flexibility index (Phi) is 5.71. The van der Waals surface area contributed by atoms with Crippen LogP contribution in [0.15, 0.2) is 171 Å². The normalized spacial score (nSPS) is 12.2. The Hall–Kier alpha value is -7.24. The molecule has 0 N–H and O–H groups in total. The maximum absolute atomic E-state index is 6.21. The average Bonchev–Trinajstić information content (AvgIpc) is 3.90. The zero-order valence-corrected chi connectivity index (χ0v) is 28.1. The molecule has 5 heteroatoms. The second-order valence-electron chi connectivity index (χ2n) is 13.7. The topological polar surface area (TPSA) is 65.2 Å². The van der Waals surface area contributed by atoms with Gasteiger partial charge in [0.15, 0.2) is 0 Å². The van der Waals surface area contributed by atoms with Gasteiger partial charge in [-0.3, -0.25) is 4.98 Å². The lowest BCUT2D eigenvalue weighted by Crippen LogP contribution is -1.94. The molecule has 246 valence electrons. The van der Waals surface area contributed by atoms with E-state index in [1.54, 1.807) is 0 Å². The maximum Gasteiger partial charge on any atom is 0.135 e. The molecule has 0 unspecified atom stereocenters. The van der Waals surface area contributed by atoms with Crippen molar-refractivity contribution in [1.29, 1.82) is 0 Å². The fourth-order valence-corrected chi connectivity index (χ4v) is 8.10. The number of para-hydroxylation sites is 3. The van der Waals surface area contributed by atoms with Crippen LogP contribution < -0.4 is 0 Å². The van der Waals surface area contributed by atoms with Gasteiger partial charge in [-0.25, -0.2) is 4.98 Å². The molecule has 0 bridgehead atoms. The largest absolute Gasteiger partial charge is 0.456 e. The highest BCUT2D eigenvalue weighted by molar-refractivity contribution is 6.11. The van der Waals surface area contributed by atoms with Crippen LogP contribution in [0.4, 0.5) is 0 Å². The number of fused-ring (bicyclic) bond motifs is 12. The van der Waals surface area contributed by atoms with Gasteiger partial charge in [-0.2, -0.15) is 0 Å². The molecule has 7 aromatic carbocycles. The smallest absolute Gasteiger partial charge is 0.135 e. The van der Waals surface area contributed by atoms with Crippen LogP contribution in [0.2, 0.25) is 0 Å². The molecule has 5 heterocycles. The van der Waals surface area contributed by atoms with Crippen LogP contribution in [0.3, 0.4) is 0 Å². The minimum absolute atomic E-state index is 0.852. The van der Waals surface area contributed by atoms with Crippen LogP contribution in [0.1, 0.15) is 0 Å². The average molecular weight is 679 g/mol. The van der Waals surface area contributed by atoms with Crippen molar-refractivity contribution in [2.75, 3.05) is 0 Å². The molecule has 0 amide bonds. The quantitative estimate of drug-likeness (QED) is 0.174. The summed E-state index contributed by atoms with van der Waals surface area (Å²) in [5, 5.41) is 8.57. The van der Waals surface area contributed by atoms with E-state index in [4.69, 9.17) is 23.2 Å². The number of furan rings is 3. The predicted octanol–water partition coefficient (Wildman–Crippen LogP) is 13.5. The number of rotatable bonds is 3. The first-order valence-electron chi connectivity index (χ1n) is 17.7. The van der Waals surface area contributed by atoms with Crippen LogP contribution in [-0.2, 0) is 0 Å². The van der Waals surface area contributed by atoms with Crippen LogP contribution in [0.25, 0.3) is 121 Å². The first-order valence-corrected chi connectivity index (χ1v) is 17.7. The van der Waals surface area contributed by atoms with Crippen molar-refractivity contribution in [3.05, 3.63) is 158 Å². The van der Waals surface area contributed by atoms with Crippen molar-refractivity contribution in [2.45, 2.75) is 0 Å². The number of nitrogens with zero attached hydrogens (tertiary/aromatic N) is 2. The Morgan fingerprint density at radius 1 is 0.340 bits per heavy atom. The van der Waals surface area contributed by atoms with E-state index >= 15 is 0 Å². The van der Waals surface area contributed by atoms with Crippen molar-refractivity contribution in [3.8, 4) is 33.5 Å². The van der Waals surface area contributed by atoms with E-state index in [0.29, 0.717) is 0 Å². The highest BCUT2D eigenvalue weighted by Gasteiger charge is 2.18. The van der Waals surface area contributed by atoms with Gasteiger partial charge in [0.25, 0.3) is 0 Å². The molecule has 0 aliphatic rings. The number of benzene rings is 7. The van der Waals surface area contributed by atoms with Gasteiger partial charge in [0, 0.05) is 66.0 Å². The van der Waals surface area contributed by atoms with Crippen molar-refractivity contribution in [1.82, 2.24) is 9.97 Å². The van der Waals surface area contributed by atoms with Gasteiger partial charge in [-0.15, -0.1) is 0 Å². The van der Waals surface area contributed by atoms with E-state index in [2.05, 4.69) is 103 Å². The number of hydrogen-bond acceptors (Lipinski definition) is 5. The van der Waals surface area contributed by atoms with Gasteiger partial charge in [0.05, 0.1) is 16.7 Å². The summed E-state index contributed by atoms with van der Waals surface area (Å²) in [7, 11) is 0. The Bertz CT molecular complexity index is 3480. The molecule has 5 nitrogen and oxygen atoms in total. The molecule has 0 saturated heterocycles. The molecule has 0 fully saturated rings. The molecule has 53 heavy (non-hydrogen) atoms. The van der Waals surface area contributed by atoms with Crippen molar-refractivity contribution in [2.24, 2.45) is 0 Å². The minimum atomic E-state index is 0.852. The zero-order chi connectivity index (χ0) is 34.6. The molecule has 0 radical (unpaired) electrons. The van der Waals surface area contributed by atoms with Crippen LogP contribution >= 0.6 is 0 Å². The van der Waals surface area contributed by atoms with E-state index in [-0.39, 0.29) is 0 Å². The molecule has 0 atom stereocenters. The molecule has 0 spiro atoms. The summed E-state index contributed by atoms with van der Waals surface area (Å²) >= 11 is 0. The molecule has 5 aromatic heterocycles. The Labute approximate surface area is 301 Å². The van der Waals surface area contributed by atoms with E-state index in [1.807, 2.05) is 54.7 Å². The third-order valence-corrected chi connectivity index (χ3v) is 10.7. The molecule has 12 aromatic rings. The lowest BCUT2D eigenvalue weighted by molar-refractivity contribution is 0.668. The van der Waals surface area contributed by atoms with Crippen LogP contribution in [0, 0.1) is 0 Å². The molecular weight excluding hydrogens is 653 g/mol. The monoisotopic (exact) mass is 678 g/mol. The summed E-state index contributed by atoms with van der Waals surface area (Å²) in [6.45, 7) is 0. The summed E-state index contributed by atoms with van der Waals surface area (Å²) in [5.74, 6) is 0. The molecule has 0 saturated carbocycles. The summed E-state index contributed by atoms with van der Waals surface area (Å²) in [4.78, 5) is 10.6. The van der Waals surface area contributed by atoms with Crippen molar-refractivity contribution in [3.63, 3.8) is 0 Å². The minimum Gasteiger partial charge on any atom is -0.456 e. The summed E-state index contributed by atoms with van der Waals surface area (Å²) in [6.07, 6.45) is 1.96. The van der Waals surface area contributed by atoms with Gasteiger partial charge in [-0.1, -0.05) is 78.9 Å². The third kappa shape index (κ3) is 4.25. The standard InChI is InChI=1S/C48H26N2O3/c1-4-10-40-33(7-1)37-22-27(15-18-43(37)51-40)32-21-29-13-14-31-24-36(28-16-19-44-38(23-28)34-8-2-5-11-41(34)52-44)46(50-48(31)47(29)49-26-32)30-17-20-45-39(25-30)35-9-3-6-12-42(35)53-45/h1-26H. The SMILES string of the molecule is c1ccc2c(c1)oc1ccc(-c3cnc4c(ccc5cc(-c6ccc7oc8ccccc8c7c6)c(-c6ccc7oc8ccccc8c7c6)nc54)c3)cc12. The second-order valence-corrected chi connectivity index (χ2v) is 13.7. The van der Waals surface area contributed by atoms with E-state index in [1.165, 1.54) is 0 Å². The second kappa shape index (κ2) is 10.6. The highest BCUT2D eigenvalue weighted by Crippen LogP contribution is 2.41. The van der Waals surface area contributed by atoms with Crippen LogP contribution in [0.5, 0.6) is 0 Å². The molecule has 0 aliphatic heterocycles. The van der Waals surface area contributed by atoms with Gasteiger partial charge >= 0.3 is 0 Å². The lowest BCUT2D eigenvalue weighted by atomic mass is 9.94. The fraction of sp³-hybridized carbons (Fsp3) is 0. The Morgan fingerprint density at radius 3 is 1.42 bits per heavy atom. The Morgan fingerprint density at radius 2 is 0.811 bits per heavy atom. The number of aromatic nitrogens is 2. The van der Waals surface area contributed by atoms with Gasteiger partial charge < -0.3 is 13.3 Å². The van der Waals surface area contributed by atoms with E-state index < -0.39 is 0 Å². The van der Waals surface area contributed by atoms with Gasteiger partial charge in [0.1, 0.15) is 33.5 Å². The molecular formula is C48H26N2O3. The van der Waals surface area contributed by atoms with Gasteiger partial charge in [0.2, 0.25) is 0 Å². The molecule has 0 aliphatic carbocycles. The highest BCUT2D eigenvalue weighted by atomic mass is 16.3. The zero-order valence-electron chi connectivity index (χ0n) is 28.1. The third-order valence-electron chi connectivity index (χ3n) is 10.7. The Balaban J connectivity index is 1.08. The number of hydrogen-bond donors (Lipinski definition) is 0. The maximum atomic E-state index is 6.21. The summed E-state index contributed by atoms with van der Waals surface area (Å²) < 4.78 is 18.5. The van der Waals surface area contributed by atoms with Crippen molar-refractivity contribution >= 4 is 87.6 Å². The first-order chi connectivity index (χ1) is 26.2. The molecule has 12 rings (SSSR count). The first kappa shape index (κ1) is 28.5. The van der Waals surface area contributed by atoms with Crippen LogP contribution in [-0.4, -0.2) is 9.97 Å². The lowest BCUT2D eigenvalue weighted by Gasteiger charge is -2.14. The fourth-order valence-electron chi connectivity index (χ4n) is 8.10. The van der Waals surface area contributed by atoms with E-state index in [9.17, 15) is 0 Å².